The summed E-state index contributed by atoms with van der Waals surface area (Å²) in [6, 6.07) is 87.9. The lowest BCUT2D eigenvalue weighted by Gasteiger charge is -2.26. The molecule has 60 heavy (non-hydrogen) atoms. The molecule has 0 aliphatic rings. The smallest absolute Gasteiger partial charge is 0.0541 e. The minimum Gasteiger partial charge on any atom is -0.310 e. The van der Waals surface area contributed by atoms with Crippen molar-refractivity contribution in [2.45, 2.75) is 0 Å². The topological polar surface area (TPSA) is 8.17 Å². The third-order valence-corrected chi connectivity index (χ3v) is 11.8. The molecule has 0 saturated heterocycles. The van der Waals surface area contributed by atoms with Crippen LogP contribution in [0.15, 0.2) is 243 Å². The molecule has 1 heterocycles. The molecule has 0 amide bonds. The Morgan fingerprint density at radius 1 is 0.267 bits per heavy atom. The first-order valence-electron chi connectivity index (χ1n) is 20.6. The second kappa shape index (κ2) is 15.1. The highest BCUT2D eigenvalue weighted by atomic mass is 15.1. The Labute approximate surface area is 350 Å². The number of para-hydroxylation sites is 2. The van der Waals surface area contributed by atoms with E-state index >= 15 is 0 Å². The second-order valence-electron chi connectivity index (χ2n) is 15.4. The number of nitrogens with zero attached hydrogens (tertiary/aromatic N) is 2. The van der Waals surface area contributed by atoms with E-state index in [1.807, 2.05) is 0 Å². The monoisotopic (exact) mass is 764 g/mol. The summed E-state index contributed by atoms with van der Waals surface area (Å²) in [5.74, 6) is 0. The van der Waals surface area contributed by atoms with Gasteiger partial charge in [-0.25, -0.2) is 0 Å². The highest BCUT2D eigenvalue weighted by molar-refractivity contribution is 6.10. The summed E-state index contributed by atoms with van der Waals surface area (Å²) in [5, 5.41) is 4.92. The van der Waals surface area contributed by atoms with Gasteiger partial charge in [-0.1, -0.05) is 170 Å². The number of hydrogen-bond acceptors (Lipinski definition) is 1. The average Bonchev–Trinajstić information content (AvgIpc) is 3.66. The minimum atomic E-state index is 1.09. The summed E-state index contributed by atoms with van der Waals surface area (Å²) >= 11 is 0. The van der Waals surface area contributed by atoms with Gasteiger partial charge in [-0.3, -0.25) is 0 Å². The average molecular weight is 765 g/mol. The Hall–Kier alpha value is -7.94. The van der Waals surface area contributed by atoms with Crippen LogP contribution in [-0.4, -0.2) is 4.57 Å². The molecular formula is C58H40N2. The normalized spacial score (nSPS) is 11.3. The van der Waals surface area contributed by atoms with Crippen LogP contribution < -0.4 is 4.90 Å². The van der Waals surface area contributed by atoms with Crippen LogP contribution >= 0.6 is 0 Å². The van der Waals surface area contributed by atoms with Gasteiger partial charge in [-0.05, 0) is 128 Å². The second-order valence-corrected chi connectivity index (χ2v) is 15.4. The summed E-state index contributed by atoms with van der Waals surface area (Å²) in [7, 11) is 0. The largest absolute Gasteiger partial charge is 0.310 e. The molecule has 2 nitrogen and oxygen atoms in total. The van der Waals surface area contributed by atoms with Crippen molar-refractivity contribution in [2.75, 3.05) is 4.90 Å². The van der Waals surface area contributed by atoms with Crippen molar-refractivity contribution >= 4 is 49.6 Å². The molecule has 2 heteroatoms. The van der Waals surface area contributed by atoms with Crippen LogP contribution in [0.1, 0.15) is 0 Å². The molecule has 0 fully saturated rings. The van der Waals surface area contributed by atoms with Crippen molar-refractivity contribution in [3.05, 3.63) is 243 Å². The van der Waals surface area contributed by atoms with Gasteiger partial charge in [0.15, 0.2) is 0 Å². The van der Waals surface area contributed by atoms with Crippen LogP contribution in [0.25, 0.3) is 82.8 Å². The number of hydrogen-bond donors (Lipinski definition) is 0. The van der Waals surface area contributed by atoms with Gasteiger partial charge in [0.05, 0.1) is 11.0 Å². The first-order valence-corrected chi connectivity index (χ1v) is 20.6. The number of aromatic nitrogens is 1. The fraction of sp³-hybridized carbons (Fsp3) is 0. The standard InChI is InChI=1S/C58H40N2/c1-4-16-43(17-5-1)53-35-30-47(39-55(53)44-18-6-2-7-19-44)42-27-32-50(33-28-42)59(52-34-29-41-15-10-11-20-45(41)37-52)51-24-14-21-46(38-51)48-31-36-58-56(40-48)54-25-12-13-26-57(54)60(58)49-22-8-3-9-23-49/h1-40H. The lowest BCUT2D eigenvalue weighted by Crippen LogP contribution is -2.10. The van der Waals surface area contributed by atoms with Crippen LogP contribution in [-0.2, 0) is 0 Å². The highest BCUT2D eigenvalue weighted by Crippen LogP contribution is 2.41. The van der Waals surface area contributed by atoms with E-state index in [0.717, 1.165) is 22.7 Å². The van der Waals surface area contributed by atoms with Gasteiger partial charge in [0.25, 0.3) is 0 Å². The molecule has 11 aromatic rings. The zero-order valence-corrected chi connectivity index (χ0v) is 33.0. The Balaban J connectivity index is 1.01. The van der Waals surface area contributed by atoms with Crippen molar-refractivity contribution in [3.63, 3.8) is 0 Å². The molecule has 0 saturated carbocycles. The minimum absolute atomic E-state index is 1.09. The van der Waals surface area contributed by atoms with Crippen LogP contribution in [0.5, 0.6) is 0 Å². The van der Waals surface area contributed by atoms with Gasteiger partial charge in [0.1, 0.15) is 0 Å². The summed E-state index contributed by atoms with van der Waals surface area (Å²) in [6.45, 7) is 0. The van der Waals surface area contributed by atoms with Gasteiger partial charge in [-0.2, -0.15) is 0 Å². The Kier molecular flexibility index (Phi) is 8.87. The molecule has 0 aliphatic carbocycles. The van der Waals surface area contributed by atoms with E-state index in [-0.39, 0.29) is 0 Å². The molecule has 0 bridgehead atoms. The lowest BCUT2D eigenvalue weighted by atomic mass is 9.91. The molecule has 1 aromatic heterocycles. The Morgan fingerprint density at radius 3 is 1.60 bits per heavy atom. The molecule has 11 rings (SSSR count). The van der Waals surface area contributed by atoms with Crippen molar-refractivity contribution in [3.8, 4) is 50.2 Å². The van der Waals surface area contributed by atoms with Gasteiger partial charge in [-0.15, -0.1) is 0 Å². The Bertz CT molecular complexity index is 3290. The maximum atomic E-state index is 2.38. The van der Waals surface area contributed by atoms with E-state index in [9.17, 15) is 0 Å². The molecule has 0 N–H and O–H groups in total. The SMILES string of the molecule is c1ccc(-c2ccc(-c3ccc(N(c4cccc(-c5ccc6c(c5)c5ccccc5n6-c5ccccc5)c4)c4ccc5ccccc5c4)cc3)cc2-c2ccccc2)cc1. The Morgan fingerprint density at radius 2 is 0.817 bits per heavy atom. The van der Waals surface area contributed by atoms with Gasteiger partial charge >= 0.3 is 0 Å². The molecular weight excluding hydrogens is 725 g/mol. The van der Waals surface area contributed by atoms with E-state index in [1.54, 1.807) is 0 Å². The van der Waals surface area contributed by atoms with Gasteiger partial charge < -0.3 is 9.47 Å². The number of benzene rings is 10. The number of rotatable bonds is 8. The number of fused-ring (bicyclic) bond motifs is 4. The summed E-state index contributed by atoms with van der Waals surface area (Å²) < 4.78 is 2.37. The van der Waals surface area contributed by atoms with E-state index < -0.39 is 0 Å². The zero-order chi connectivity index (χ0) is 39.8. The predicted octanol–water partition coefficient (Wildman–Crippen LogP) is 16.1. The third-order valence-electron chi connectivity index (χ3n) is 11.8. The van der Waals surface area contributed by atoms with Crippen LogP contribution in [0, 0.1) is 0 Å². The van der Waals surface area contributed by atoms with Crippen LogP contribution in [0.4, 0.5) is 17.1 Å². The maximum Gasteiger partial charge on any atom is 0.0541 e. The summed E-state index contributed by atoms with van der Waals surface area (Å²) in [5.41, 5.74) is 16.4. The molecule has 0 spiro atoms. The molecule has 0 atom stereocenters. The van der Waals surface area contributed by atoms with Crippen molar-refractivity contribution in [1.82, 2.24) is 4.57 Å². The summed E-state index contributed by atoms with van der Waals surface area (Å²) in [4.78, 5) is 2.38. The van der Waals surface area contributed by atoms with Crippen molar-refractivity contribution < 1.29 is 0 Å². The van der Waals surface area contributed by atoms with Gasteiger partial charge in [0.2, 0.25) is 0 Å². The molecule has 282 valence electrons. The van der Waals surface area contributed by atoms with E-state index in [0.29, 0.717) is 0 Å². The predicted molar refractivity (Wildman–Crippen MR) is 255 cm³/mol. The summed E-state index contributed by atoms with van der Waals surface area (Å²) in [6.07, 6.45) is 0. The lowest BCUT2D eigenvalue weighted by molar-refractivity contribution is 1.18. The molecule has 10 aromatic carbocycles. The van der Waals surface area contributed by atoms with Crippen LogP contribution in [0.2, 0.25) is 0 Å². The highest BCUT2D eigenvalue weighted by Gasteiger charge is 2.17. The number of anilines is 3. The quantitative estimate of drug-likeness (QED) is 0.150. The maximum absolute atomic E-state index is 2.38. The molecule has 0 aliphatic heterocycles. The van der Waals surface area contributed by atoms with E-state index in [4.69, 9.17) is 0 Å². The molecule has 0 unspecified atom stereocenters. The zero-order valence-electron chi connectivity index (χ0n) is 33.0. The fourth-order valence-electron chi connectivity index (χ4n) is 8.85. The third kappa shape index (κ3) is 6.41. The van der Waals surface area contributed by atoms with Gasteiger partial charge in [0, 0.05) is 33.5 Å². The van der Waals surface area contributed by atoms with Crippen molar-refractivity contribution in [2.24, 2.45) is 0 Å². The van der Waals surface area contributed by atoms with Crippen LogP contribution in [0.3, 0.4) is 0 Å². The van der Waals surface area contributed by atoms with Crippen molar-refractivity contribution in [1.29, 1.82) is 0 Å². The van der Waals surface area contributed by atoms with E-state index in [2.05, 4.69) is 252 Å². The fourth-order valence-corrected chi connectivity index (χ4v) is 8.85. The molecule has 0 radical (unpaired) electrons. The first-order chi connectivity index (χ1) is 29.7. The first kappa shape index (κ1) is 35.2. The van der Waals surface area contributed by atoms with E-state index in [1.165, 1.54) is 77.1 Å².